The second-order valence-corrected chi connectivity index (χ2v) is 11.7. The van der Waals surface area contributed by atoms with E-state index in [0.29, 0.717) is 5.92 Å². The molecule has 9 heteroatoms. The Morgan fingerprint density at radius 3 is 2.55 bits per heavy atom. The van der Waals surface area contributed by atoms with Gasteiger partial charge in [-0.2, -0.15) is 4.37 Å². The molecule has 2 aliphatic rings. The molecular formula is C24H31N5O2S2. The molecule has 0 bridgehead atoms. The molecule has 1 aromatic carbocycles. The van der Waals surface area contributed by atoms with E-state index in [9.17, 15) is 8.42 Å². The molecule has 5 rings (SSSR count). The third-order valence-electron chi connectivity index (χ3n) is 7.00. The zero-order valence-corrected chi connectivity index (χ0v) is 20.4. The number of rotatable bonds is 7. The molecule has 33 heavy (non-hydrogen) atoms. The van der Waals surface area contributed by atoms with Gasteiger partial charge in [-0.3, -0.25) is 9.88 Å². The molecule has 176 valence electrons. The van der Waals surface area contributed by atoms with E-state index in [1.807, 2.05) is 0 Å². The second kappa shape index (κ2) is 10.0. The summed E-state index contributed by atoms with van der Waals surface area (Å²) < 4.78 is 33.9. The summed E-state index contributed by atoms with van der Waals surface area (Å²) in [6, 6.07) is 11.8. The van der Waals surface area contributed by atoms with Crippen molar-refractivity contribution < 1.29 is 8.42 Å². The quantitative estimate of drug-likeness (QED) is 0.549. The van der Waals surface area contributed by atoms with E-state index in [4.69, 9.17) is 4.37 Å². The normalized spacial score (nSPS) is 22.6. The zero-order chi connectivity index (χ0) is 22.7. The molecule has 7 nitrogen and oxygen atoms in total. The summed E-state index contributed by atoms with van der Waals surface area (Å²) in [7, 11) is -3.47. The fourth-order valence-corrected chi connectivity index (χ4v) is 7.08. The average molecular weight is 486 g/mol. The fourth-order valence-electron chi connectivity index (χ4n) is 5.01. The topological polar surface area (TPSA) is 78.4 Å². The smallest absolute Gasteiger partial charge is 0.242 e. The van der Waals surface area contributed by atoms with Gasteiger partial charge in [-0.25, -0.2) is 13.1 Å². The highest BCUT2D eigenvalue weighted by molar-refractivity contribution is 7.89. The van der Waals surface area contributed by atoms with E-state index in [2.05, 4.69) is 43.8 Å². The highest BCUT2D eigenvalue weighted by Gasteiger charge is 2.27. The van der Waals surface area contributed by atoms with Gasteiger partial charge in [0.15, 0.2) is 0 Å². The Balaban J connectivity index is 1.05. The van der Waals surface area contributed by atoms with E-state index >= 15 is 0 Å². The van der Waals surface area contributed by atoms with Crippen molar-refractivity contribution in [2.75, 3.05) is 37.6 Å². The number of nitrogens with one attached hydrogen (secondary N) is 1. The molecule has 0 unspecified atom stereocenters. The Morgan fingerprint density at radius 2 is 1.79 bits per heavy atom. The van der Waals surface area contributed by atoms with Gasteiger partial charge in [0.1, 0.15) is 10.7 Å². The summed E-state index contributed by atoms with van der Waals surface area (Å²) in [6.45, 7) is 5.33. The van der Waals surface area contributed by atoms with Gasteiger partial charge in [-0.1, -0.05) is 12.1 Å². The van der Waals surface area contributed by atoms with Gasteiger partial charge in [-0.05, 0) is 80.4 Å². The number of nitrogens with zero attached hydrogens (tertiary/aromatic N) is 4. The Hall–Kier alpha value is -2.07. The first-order valence-electron chi connectivity index (χ1n) is 11.8. The van der Waals surface area contributed by atoms with E-state index < -0.39 is 10.0 Å². The van der Waals surface area contributed by atoms with Gasteiger partial charge >= 0.3 is 0 Å². The van der Waals surface area contributed by atoms with E-state index in [1.54, 1.807) is 29.9 Å². The molecule has 1 aliphatic carbocycles. The number of hydrogen-bond acceptors (Lipinski definition) is 7. The van der Waals surface area contributed by atoms with Crippen molar-refractivity contribution in [1.82, 2.24) is 19.0 Å². The van der Waals surface area contributed by atoms with Crippen LogP contribution in [0.1, 0.15) is 32.1 Å². The summed E-state index contributed by atoms with van der Waals surface area (Å²) in [5, 5.41) is 1.27. The van der Waals surface area contributed by atoms with E-state index in [1.165, 1.54) is 22.7 Å². The highest BCUT2D eigenvalue weighted by Crippen LogP contribution is 2.31. The van der Waals surface area contributed by atoms with E-state index in [0.717, 1.165) is 64.2 Å². The zero-order valence-electron chi connectivity index (χ0n) is 18.8. The van der Waals surface area contributed by atoms with Crippen LogP contribution in [0.5, 0.6) is 0 Å². The minimum atomic E-state index is -3.47. The van der Waals surface area contributed by atoms with Crippen molar-refractivity contribution >= 4 is 37.5 Å². The third kappa shape index (κ3) is 5.37. The van der Waals surface area contributed by atoms with Crippen LogP contribution in [0.2, 0.25) is 0 Å². The Kier molecular flexibility index (Phi) is 6.91. The third-order valence-corrected chi connectivity index (χ3v) is 9.32. The lowest BCUT2D eigenvalue weighted by Crippen LogP contribution is -2.47. The number of anilines is 1. The number of fused-ring (bicyclic) bond motifs is 1. The van der Waals surface area contributed by atoms with Crippen molar-refractivity contribution in [3.63, 3.8) is 0 Å². The molecule has 3 heterocycles. The number of benzene rings is 1. The lowest BCUT2D eigenvalue weighted by molar-refractivity contribution is 0.214. The molecular weight excluding hydrogens is 454 g/mol. The molecule has 2 aromatic heterocycles. The van der Waals surface area contributed by atoms with Crippen molar-refractivity contribution in [2.24, 2.45) is 5.92 Å². The predicted molar refractivity (Wildman–Crippen MR) is 133 cm³/mol. The van der Waals surface area contributed by atoms with Crippen LogP contribution in [-0.2, 0) is 10.0 Å². The fraction of sp³-hybridized carbons (Fsp3) is 0.500. The molecule has 1 aliphatic heterocycles. The van der Waals surface area contributed by atoms with Gasteiger partial charge < -0.3 is 4.90 Å². The number of aromatic nitrogens is 2. The largest absolute Gasteiger partial charge is 0.353 e. The van der Waals surface area contributed by atoms with Crippen LogP contribution in [0.3, 0.4) is 0 Å². The minimum Gasteiger partial charge on any atom is -0.353 e. The van der Waals surface area contributed by atoms with Gasteiger partial charge in [0.05, 0.1) is 4.70 Å². The number of pyridine rings is 1. The molecule has 0 amide bonds. The van der Waals surface area contributed by atoms with Gasteiger partial charge in [0.2, 0.25) is 10.0 Å². The maximum absolute atomic E-state index is 12.5. The van der Waals surface area contributed by atoms with Gasteiger partial charge in [0, 0.05) is 50.0 Å². The lowest BCUT2D eigenvalue weighted by atomic mass is 9.84. The second-order valence-electron chi connectivity index (χ2n) is 9.15. The van der Waals surface area contributed by atoms with Crippen LogP contribution in [0.25, 0.3) is 10.1 Å². The van der Waals surface area contributed by atoms with Crippen molar-refractivity contribution in [3.05, 3.63) is 48.8 Å². The maximum Gasteiger partial charge on any atom is 0.242 e. The van der Waals surface area contributed by atoms with Crippen LogP contribution in [-0.4, -0.2) is 61.4 Å². The van der Waals surface area contributed by atoms with Crippen LogP contribution in [0.15, 0.2) is 53.7 Å². The van der Waals surface area contributed by atoms with Crippen molar-refractivity contribution in [1.29, 1.82) is 0 Å². The summed E-state index contributed by atoms with van der Waals surface area (Å²) in [6.07, 6.45) is 8.19. The van der Waals surface area contributed by atoms with E-state index in [-0.39, 0.29) is 10.9 Å². The lowest BCUT2D eigenvalue weighted by Gasteiger charge is -2.36. The average Bonchev–Trinajstić information content (AvgIpc) is 3.29. The predicted octanol–water partition coefficient (Wildman–Crippen LogP) is 3.74. The van der Waals surface area contributed by atoms with Crippen LogP contribution >= 0.6 is 11.5 Å². The standard InChI is InChI=1S/C24H31N5O2S2/c30-33(31,21-4-3-12-25-18-21)27-20-9-7-19(8-10-20)11-13-28-14-16-29(17-15-28)24-22-5-1-2-6-23(22)32-26-24/h1-6,12,18-20,27H,7-11,13-17H2. The summed E-state index contributed by atoms with van der Waals surface area (Å²) in [5.74, 6) is 1.83. The molecule has 1 saturated heterocycles. The molecule has 0 spiro atoms. The Bertz CT molecular complexity index is 1150. The van der Waals surface area contributed by atoms with Crippen molar-refractivity contribution in [3.8, 4) is 0 Å². The highest BCUT2D eigenvalue weighted by atomic mass is 32.2. The summed E-state index contributed by atoms with van der Waals surface area (Å²) in [5.41, 5.74) is 0. The molecule has 0 radical (unpaired) electrons. The minimum absolute atomic E-state index is 0.0305. The Morgan fingerprint density at radius 1 is 1.00 bits per heavy atom. The maximum atomic E-state index is 12.5. The Labute approximate surface area is 200 Å². The van der Waals surface area contributed by atoms with Gasteiger partial charge in [-0.15, -0.1) is 0 Å². The first-order valence-corrected chi connectivity index (χ1v) is 14.1. The first-order chi connectivity index (χ1) is 16.1. The summed E-state index contributed by atoms with van der Waals surface area (Å²) >= 11 is 1.59. The SMILES string of the molecule is O=S(=O)(NC1CCC(CCN2CCN(c3nsc4ccccc34)CC2)CC1)c1cccnc1. The van der Waals surface area contributed by atoms with Crippen molar-refractivity contribution in [2.45, 2.75) is 43.0 Å². The monoisotopic (exact) mass is 485 g/mol. The number of hydrogen-bond donors (Lipinski definition) is 1. The number of sulfonamides is 1. The molecule has 2 fully saturated rings. The van der Waals surface area contributed by atoms with Crippen LogP contribution < -0.4 is 9.62 Å². The molecule has 0 atom stereocenters. The molecule has 1 saturated carbocycles. The van der Waals surface area contributed by atoms with Gasteiger partial charge in [0.25, 0.3) is 0 Å². The molecule has 1 N–H and O–H groups in total. The van der Waals surface area contributed by atoms with Crippen LogP contribution in [0.4, 0.5) is 5.82 Å². The first kappa shape index (κ1) is 22.7. The molecule has 3 aromatic rings. The van der Waals surface area contributed by atoms with Crippen LogP contribution in [0, 0.1) is 5.92 Å². The summed E-state index contributed by atoms with van der Waals surface area (Å²) in [4.78, 5) is 9.17. The number of piperazine rings is 1.